The van der Waals surface area contributed by atoms with Crippen LogP contribution in [0.2, 0.25) is 0 Å². The number of likely N-dealkylation sites (tertiary alicyclic amines) is 1. The molecule has 0 atom stereocenters. The molecule has 2 saturated heterocycles. The molecule has 2 aliphatic rings. The second kappa shape index (κ2) is 6.91. The van der Waals surface area contributed by atoms with Crippen LogP contribution in [0, 0.1) is 5.92 Å². The molecule has 124 valence electrons. The van der Waals surface area contributed by atoms with E-state index in [0.717, 1.165) is 18.9 Å². The molecule has 0 spiro atoms. The van der Waals surface area contributed by atoms with E-state index in [4.69, 9.17) is 10.5 Å². The summed E-state index contributed by atoms with van der Waals surface area (Å²) in [5.41, 5.74) is 5.71. The Morgan fingerprint density at radius 3 is 2.48 bits per heavy atom. The molecule has 1 aromatic heterocycles. The van der Waals surface area contributed by atoms with E-state index >= 15 is 0 Å². The highest BCUT2D eigenvalue weighted by Crippen LogP contribution is 2.19. The first-order valence-electron chi connectivity index (χ1n) is 7.88. The van der Waals surface area contributed by atoms with Crippen LogP contribution in [0.1, 0.15) is 23.3 Å². The van der Waals surface area contributed by atoms with E-state index < -0.39 is 0 Å². The average Bonchev–Trinajstić information content (AvgIpc) is 2.62. The molecule has 2 aliphatic heterocycles. The van der Waals surface area contributed by atoms with Gasteiger partial charge < -0.3 is 20.3 Å². The van der Waals surface area contributed by atoms with E-state index in [2.05, 4.69) is 14.9 Å². The average molecular weight is 319 g/mol. The largest absolute Gasteiger partial charge is 0.378 e. The van der Waals surface area contributed by atoms with Crippen LogP contribution in [0.15, 0.2) is 12.4 Å². The number of rotatable bonds is 3. The van der Waals surface area contributed by atoms with Crippen molar-refractivity contribution in [3.8, 4) is 0 Å². The highest BCUT2D eigenvalue weighted by atomic mass is 16.5. The normalized spacial score (nSPS) is 19.7. The van der Waals surface area contributed by atoms with Crippen molar-refractivity contribution < 1.29 is 14.3 Å². The number of morpholine rings is 1. The highest BCUT2D eigenvalue weighted by molar-refractivity contribution is 5.93. The van der Waals surface area contributed by atoms with Crippen molar-refractivity contribution in [1.29, 1.82) is 0 Å². The predicted octanol–water partition coefficient (Wildman–Crippen LogP) is -0.349. The number of primary amides is 1. The van der Waals surface area contributed by atoms with Gasteiger partial charge in [-0.15, -0.1) is 0 Å². The van der Waals surface area contributed by atoms with Gasteiger partial charge in [-0.2, -0.15) is 0 Å². The van der Waals surface area contributed by atoms with E-state index in [1.165, 1.54) is 6.33 Å². The van der Waals surface area contributed by atoms with Crippen molar-refractivity contribution >= 4 is 17.6 Å². The molecule has 2 fully saturated rings. The summed E-state index contributed by atoms with van der Waals surface area (Å²) in [6, 6.07) is 1.73. The number of piperidine rings is 1. The third-order valence-electron chi connectivity index (χ3n) is 4.39. The summed E-state index contributed by atoms with van der Waals surface area (Å²) in [6.45, 7) is 3.90. The standard InChI is InChI=1S/C15H21N5O3/c16-14(21)11-1-3-20(4-2-11)15(22)12-9-13(18-10-17-12)19-5-7-23-8-6-19/h9-11H,1-8H2,(H2,16,21). The molecule has 0 saturated carbocycles. The zero-order valence-electron chi connectivity index (χ0n) is 13.0. The Morgan fingerprint density at radius 2 is 1.83 bits per heavy atom. The van der Waals surface area contributed by atoms with Crippen molar-refractivity contribution in [3.05, 3.63) is 18.1 Å². The summed E-state index contributed by atoms with van der Waals surface area (Å²) >= 11 is 0. The molecule has 8 nitrogen and oxygen atoms in total. The van der Waals surface area contributed by atoms with E-state index in [-0.39, 0.29) is 17.7 Å². The maximum absolute atomic E-state index is 12.6. The number of ether oxygens (including phenoxy) is 1. The second-order valence-corrected chi connectivity index (χ2v) is 5.83. The van der Waals surface area contributed by atoms with Gasteiger partial charge in [0, 0.05) is 38.2 Å². The van der Waals surface area contributed by atoms with Gasteiger partial charge in [0.25, 0.3) is 5.91 Å². The molecular formula is C15H21N5O3. The molecule has 0 radical (unpaired) electrons. The molecular weight excluding hydrogens is 298 g/mol. The van der Waals surface area contributed by atoms with Gasteiger partial charge in [-0.1, -0.05) is 0 Å². The Hall–Kier alpha value is -2.22. The van der Waals surface area contributed by atoms with Gasteiger partial charge >= 0.3 is 0 Å². The van der Waals surface area contributed by atoms with Gasteiger partial charge in [0.2, 0.25) is 5.91 Å². The Balaban J connectivity index is 1.67. The zero-order chi connectivity index (χ0) is 16.2. The lowest BCUT2D eigenvalue weighted by molar-refractivity contribution is -0.123. The topological polar surface area (TPSA) is 102 Å². The van der Waals surface area contributed by atoms with E-state index in [0.29, 0.717) is 44.8 Å². The van der Waals surface area contributed by atoms with Gasteiger partial charge in [-0.3, -0.25) is 9.59 Å². The van der Waals surface area contributed by atoms with Crippen LogP contribution >= 0.6 is 0 Å². The Kier molecular flexibility index (Phi) is 4.71. The molecule has 0 bridgehead atoms. The number of anilines is 1. The van der Waals surface area contributed by atoms with Gasteiger partial charge in [0.1, 0.15) is 17.8 Å². The third-order valence-corrected chi connectivity index (χ3v) is 4.39. The smallest absolute Gasteiger partial charge is 0.272 e. The minimum absolute atomic E-state index is 0.121. The van der Waals surface area contributed by atoms with E-state index in [1.54, 1.807) is 11.0 Å². The number of aromatic nitrogens is 2. The van der Waals surface area contributed by atoms with Crippen LogP contribution in [0.3, 0.4) is 0 Å². The lowest BCUT2D eigenvalue weighted by Crippen LogP contribution is -2.42. The molecule has 0 aromatic carbocycles. The maximum Gasteiger partial charge on any atom is 0.272 e. The van der Waals surface area contributed by atoms with E-state index in [9.17, 15) is 9.59 Å². The fourth-order valence-electron chi connectivity index (χ4n) is 2.96. The van der Waals surface area contributed by atoms with Crippen LogP contribution < -0.4 is 10.6 Å². The number of carbonyl (C=O) groups is 2. The molecule has 2 amide bonds. The minimum atomic E-state index is -0.284. The number of carbonyl (C=O) groups excluding carboxylic acids is 2. The van der Waals surface area contributed by atoms with Crippen LogP contribution in [-0.2, 0) is 9.53 Å². The summed E-state index contributed by atoms with van der Waals surface area (Å²) < 4.78 is 5.33. The lowest BCUT2D eigenvalue weighted by Gasteiger charge is -2.31. The summed E-state index contributed by atoms with van der Waals surface area (Å²) in [6.07, 6.45) is 2.65. The predicted molar refractivity (Wildman–Crippen MR) is 82.9 cm³/mol. The lowest BCUT2D eigenvalue weighted by atomic mass is 9.96. The van der Waals surface area contributed by atoms with Crippen molar-refractivity contribution in [2.45, 2.75) is 12.8 Å². The van der Waals surface area contributed by atoms with Crippen molar-refractivity contribution in [2.75, 3.05) is 44.3 Å². The molecule has 3 heterocycles. The van der Waals surface area contributed by atoms with Crippen molar-refractivity contribution in [2.24, 2.45) is 11.7 Å². The monoisotopic (exact) mass is 319 g/mol. The highest BCUT2D eigenvalue weighted by Gasteiger charge is 2.27. The van der Waals surface area contributed by atoms with Crippen molar-refractivity contribution in [3.63, 3.8) is 0 Å². The third kappa shape index (κ3) is 3.58. The van der Waals surface area contributed by atoms with Gasteiger partial charge in [-0.25, -0.2) is 9.97 Å². The van der Waals surface area contributed by atoms with Gasteiger partial charge in [-0.05, 0) is 12.8 Å². The SMILES string of the molecule is NC(=O)C1CCN(C(=O)c2cc(N3CCOCC3)ncn2)CC1. The first kappa shape index (κ1) is 15.7. The number of nitrogens with zero attached hydrogens (tertiary/aromatic N) is 4. The van der Waals surface area contributed by atoms with Crippen molar-refractivity contribution in [1.82, 2.24) is 14.9 Å². The first-order chi connectivity index (χ1) is 11.1. The molecule has 3 rings (SSSR count). The van der Waals surface area contributed by atoms with Crippen LogP contribution in [-0.4, -0.2) is 66.1 Å². The minimum Gasteiger partial charge on any atom is -0.378 e. The van der Waals surface area contributed by atoms with E-state index in [1.807, 2.05) is 0 Å². The quantitative estimate of drug-likeness (QED) is 0.817. The molecule has 1 aromatic rings. The number of hydrogen-bond donors (Lipinski definition) is 1. The number of nitrogens with two attached hydrogens (primary N) is 1. The molecule has 2 N–H and O–H groups in total. The molecule has 8 heteroatoms. The Labute approximate surface area is 134 Å². The molecule has 0 aliphatic carbocycles. The summed E-state index contributed by atoms with van der Waals surface area (Å²) in [4.78, 5) is 36.0. The van der Waals surface area contributed by atoms with Crippen LogP contribution in [0.5, 0.6) is 0 Å². The second-order valence-electron chi connectivity index (χ2n) is 5.83. The van der Waals surface area contributed by atoms with Crippen LogP contribution in [0.25, 0.3) is 0 Å². The molecule has 0 unspecified atom stereocenters. The maximum atomic E-state index is 12.6. The Morgan fingerprint density at radius 1 is 1.13 bits per heavy atom. The fraction of sp³-hybridized carbons (Fsp3) is 0.600. The van der Waals surface area contributed by atoms with Gasteiger partial charge in [0.15, 0.2) is 0 Å². The Bertz CT molecular complexity index is 580. The van der Waals surface area contributed by atoms with Crippen LogP contribution in [0.4, 0.5) is 5.82 Å². The molecule has 23 heavy (non-hydrogen) atoms. The summed E-state index contributed by atoms with van der Waals surface area (Å²) in [5, 5.41) is 0. The number of hydrogen-bond acceptors (Lipinski definition) is 6. The first-order valence-corrected chi connectivity index (χ1v) is 7.88. The summed E-state index contributed by atoms with van der Waals surface area (Å²) in [7, 11) is 0. The van der Waals surface area contributed by atoms with Gasteiger partial charge in [0.05, 0.1) is 13.2 Å². The zero-order valence-corrected chi connectivity index (χ0v) is 13.0. The number of amides is 2. The summed E-state index contributed by atoms with van der Waals surface area (Å²) in [5.74, 6) is 0.214. The fourth-order valence-corrected chi connectivity index (χ4v) is 2.96.